The third-order valence-electron chi connectivity index (χ3n) is 2.72. The second-order valence-corrected chi connectivity index (χ2v) is 5.90. The monoisotopic (exact) mass is 329 g/mol. The van der Waals surface area contributed by atoms with Crippen molar-refractivity contribution >= 4 is 16.0 Å². The molecule has 0 radical (unpaired) electrons. The van der Waals surface area contributed by atoms with E-state index in [4.69, 9.17) is 14.3 Å². The fourth-order valence-corrected chi connectivity index (χ4v) is 2.06. The largest absolute Gasteiger partial charge is 0.452 e. The Morgan fingerprint density at radius 1 is 1.45 bits per heavy atom. The van der Waals surface area contributed by atoms with Crippen molar-refractivity contribution in [1.82, 2.24) is 20.2 Å². The Balaban J connectivity index is 1.98. The van der Waals surface area contributed by atoms with Gasteiger partial charge in [0.1, 0.15) is 0 Å². The number of nitrogens with two attached hydrogens (primary N) is 1. The Hall–Kier alpha value is -2.27. The third-order valence-corrected chi connectivity index (χ3v) is 3.51. The number of nitrogens with zero attached hydrogens (tertiary/aromatic N) is 4. The normalized spacial score (nSPS) is 11.5. The van der Waals surface area contributed by atoms with Crippen LogP contribution in [0.2, 0.25) is 0 Å². The lowest BCUT2D eigenvalue weighted by Gasteiger charge is -2.04. The van der Waals surface area contributed by atoms with E-state index in [1.165, 1.54) is 10.7 Å². The van der Waals surface area contributed by atoms with Gasteiger partial charge in [-0.1, -0.05) is 13.3 Å². The number of unbranched alkanes of at least 4 members (excludes halogenated alkanes) is 1. The zero-order chi connectivity index (χ0) is 16.2. The van der Waals surface area contributed by atoms with Gasteiger partial charge >= 0.3 is 5.97 Å². The van der Waals surface area contributed by atoms with E-state index in [9.17, 15) is 13.2 Å². The van der Waals surface area contributed by atoms with Crippen molar-refractivity contribution in [2.45, 2.75) is 38.0 Å². The van der Waals surface area contributed by atoms with E-state index in [2.05, 4.69) is 15.5 Å². The number of aromatic nitrogens is 4. The molecular weight excluding hydrogens is 314 g/mol. The standard InChI is InChI=1S/C11H15N5O5S/c1-2-3-6-16-9(13-14-15-16)7-20-11(17)8-4-5-10(21-8)22(12,18)19/h4-5H,2-3,6-7H2,1H3,(H2,12,18,19). The van der Waals surface area contributed by atoms with Crippen molar-refractivity contribution in [3.05, 3.63) is 23.7 Å². The van der Waals surface area contributed by atoms with Crippen LogP contribution in [0.15, 0.2) is 21.6 Å². The minimum Gasteiger partial charge on any atom is -0.452 e. The summed E-state index contributed by atoms with van der Waals surface area (Å²) in [6.45, 7) is 2.50. The van der Waals surface area contributed by atoms with Crippen LogP contribution in [0.4, 0.5) is 0 Å². The zero-order valence-corrected chi connectivity index (χ0v) is 12.6. The van der Waals surface area contributed by atoms with E-state index in [0.717, 1.165) is 18.9 Å². The maximum absolute atomic E-state index is 11.8. The van der Waals surface area contributed by atoms with E-state index < -0.39 is 21.1 Å². The molecule has 0 bridgehead atoms. The number of tetrazole rings is 1. The third kappa shape index (κ3) is 3.89. The maximum atomic E-state index is 11.8. The maximum Gasteiger partial charge on any atom is 0.374 e. The van der Waals surface area contributed by atoms with Gasteiger partial charge in [-0.25, -0.2) is 23.0 Å². The molecule has 10 nitrogen and oxygen atoms in total. The number of hydrogen-bond acceptors (Lipinski definition) is 8. The molecule has 11 heteroatoms. The number of sulfonamides is 1. The van der Waals surface area contributed by atoms with Crippen LogP contribution in [0.3, 0.4) is 0 Å². The molecule has 2 aromatic heterocycles. The number of hydrogen-bond donors (Lipinski definition) is 1. The molecule has 0 aliphatic heterocycles. The van der Waals surface area contributed by atoms with Gasteiger partial charge in [-0.3, -0.25) is 0 Å². The molecule has 0 unspecified atom stereocenters. The van der Waals surface area contributed by atoms with Gasteiger partial charge in [0.05, 0.1) is 0 Å². The van der Waals surface area contributed by atoms with Gasteiger partial charge in [0, 0.05) is 6.54 Å². The fraction of sp³-hybridized carbons (Fsp3) is 0.455. The van der Waals surface area contributed by atoms with Crippen molar-refractivity contribution in [3.8, 4) is 0 Å². The number of ether oxygens (including phenoxy) is 1. The Labute approximate surface area is 126 Å². The van der Waals surface area contributed by atoms with Crippen LogP contribution in [0.25, 0.3) is 0 Å². The van der Waals surface area contributed by atoms with Gasteiger partial charge in [-0.2, -0.15) is 0 Å². The molecule has 120 valence electrons. The Kier molecular flexibility index (Phi) is 4.88. The first kappa shape index (κ1) is 16.1. The van der Waals surface area contributed by atoms with Crippen molar-refractivity contribution in [1.29, 1.82) is 0 Å². The summed E-state index contributed by atoms with van der Waals surface area (Å²) in [4.78, 5) is 11.8. The van der Waals surface area contributed by atoms with Crippen LogP contribution in [0, 0.1) is 0 Å². The number of primary sulfonamides is 1. The van der Waals surface area contributed by atoms with Crippen LogP contribution < -0.4 is 5.14 Å². The van der Waals surface area contributed by atoms with Crippen molar-refractivity contribution in [2.24, 2.45) is 5.14 Å². The number of carbonyl (C=O) groups excluding carboxylic acids is 1. The lowest BCUT2D eigenvalue weighted by molar-refractivity contribution is 0.0414. The van der Waals surface area contributed by atoms with E-state index in [1.54, 1.807) is 0 Å². The molecule has 2 heterocycles. The second-order valence-electron chi connectivity index (χ2n) is 4.41. The van der Waals surface area contributed by atoms with Crippen LogP contribution in [-0.4, -0.2) is 34.6 Å². The summed E-state index contributed by atoms with van der Waals surface area (Å²) in [7, 11) is -4.00. The van der Waals surface area contributed by atoms with E-state index in [0.29, 0.717) is 12.4 Å². The smallest absolute Gasteiger partial charge is 0.374 e. The molecule has 0 aromatic carbocycles. The molecule has 0 aliphatic rings. The molecule has 0 fully saturated rings. The van der Waals surface area contributed by atoms with E-state index in [-0.39, 0.29) is 12.4 Å². The topological polar surface area (TPSA) is 143 Å². The number of carbonyl (C=O) groups is 1. The highest BCUT2D eigenvalue weighted by molar-refractivity contribution is 7.89. The second kappa shape index (κ2) is 6.66. The molecular formula is C11H15N5O5S. The summed E-state index contributed by atoms with van der Waals surface area (Å²) in [5.41, 5.74) is 0. The fourth-order valence-electron chi connectivity index (χ4n) is 1.59. The molecule has 0 atom stereocenters. The number of esters is 1. The SMILES string of the molecule is CCCCn1nnnc1COC(=O)c1ccc(S(N)(=O)=O)o1. The minimum atomic E-state index is -4.00. The predicted octanol–water partition coefficient (Wildman–Crippen LogP) is 0.0706. The van der Waals surface area contributed by atoms with Crippen molar-refractivity contribution in [3.63, 3.8) is 0 Å². The van der Waals surface area contributed by atoms with E-state index >= 15 is 0 Å². The molecule has 0 aliphatic carbocycles. The minimum absolute atomic E-state index is 0.152. The summed E-state index contributed by atoms with van der Waals surface area (Å²) in [5.74, 6) is -0.712. The first-order chi connectivity index (χ1) is 10.4. The quantitative estimate of drug-likeness (QED) is 0.703. The Bertz CT molecular complexity index is 751. The Morgan fingerprint density at radius 2 is 2.23 bits per heavy atom. The summed E-state index contributed by atoms with van der Waals surface area (Å²) >= 11 is 0. The summed E-state index contributed by atoms with van der Waals surface area (Å²) in [5, 5.41) is 15.4. The summed E-state index contributed by atoms with van der Waals surface area (Å²) in [6, 6.07) is 2.25. The number of rotatable bonds is 7. The van der Waals surface area contributed by atoms with Crippen molar-refractivity contribution in [2.75, 3.05) is 0 Å². The van der Waals surface area contributed by atoms with Gasteiger partial charge in [-0.15, -0.1) is 5.10 Å². The average molecular weight is 329 g/mol. The Morgan fingerprint density at radius 3 is 2.86 bits per heavy atom. The molecule has 0 spiro atoms. The highest BCUT2D eigenvalue weighted by Crippen LogP contribution is 2.13. The van der Waals surface area contributed by atoms with Gasteiger partial charge in [-0.05, 0) is 29.0 Å². The lowest BCUT2D eigenvalue weighted by atomic mass is 10.3. The number of furan rings is 1. The molecule has 0 amide bonds. The first-order valence-corrected chi connectivity index (χ1v) is 8.01. The van der Waals surface area contributed by atoms with Gasteiger partial charge in [0.2, 0.25) is 10.9 Å². The van der Waals surface area contributed by atoms with Crippen LogP contribution in [0.5, 0.6) is 0 Å². The van der Waals surface area contributed by atoms with E-state index in [1.807, 2.05) is 6.92 Å². The van der Waals surface area contributed by atoms with Crippen LogP contribution >= 0.6 is 0 Å². The van der Waals surface area contributed by atoms with Crippen molar-refractivity contribution < 1.29 is 22.4 Å². The molecule has 2 aromatic rings. The lowest BCUT2D eigenvalue weighted by Crippen LogP contribution is -2.12. The van der Waals surface area contributed by atoms with Crippen LogP contribution in [0.1, 0.15) is 36.1 Å². The number of aryl methyl sites for hydroxylation is 1. The summed E-state index contributed by atoms with van der Waals surface area (Å²) < 4.78 is 33.5. The molecule has 22 heavy (non-hydrogen) atoms. The van der Waals surface area contributed by atoms with Crippen LogP contribution in [-0.2, 0) is 27.9 Å². The highest BCUT2D eigenvalue weighted by Gasteiger charge is 2.19. The van der Waals surface area contributed by atoms with Gasteiger partial charge in [0.15, 0.2) is 12.4 Å². The summed E-state index contributed by atoms with van der Waals surface area (Å²) in [6.07, 6.45) is 1.86. The molecule has 2 rings (SSSR count). The first-order valence-electron chi connectivity index (χ1n) is 6.46. The predicted molar refractivity (Wildman–Crippen MR) is 71.9 cm³/mol. The molecule has 2 N–H and O–H groups in total. The van der Waals surface area contributed by atoms with Gasteiger partial charge < -0.3 is 9.15 Å². The van der Waals surface area contributed by atoms with Gasteiger partial charge in [0.25, 0.3) is 10.0 Å². The highest BCUT2D eigenvalue weighted by atomic mass is 32.2. The molecule has 0 saturated carbocycles. The average Bonchev–Trinajstić information content (AvgIpc) is 3.10. The zero-order valence-electron chi connectivity index (χ0n) is 11.8. The molecule has 0 saturated heterocycles.